The normalized spacial score (nSPS) is 19.3. The maximum Gasteiger partial charge on any atom is 0.273 e. The van der Waals surface area contributed by atoms with Gasteiger partial charge in [0.1, 0.15) is 5.75 Å². The molecular weight excluding hydrogens is 344 g/mol. The molecule has 0 unspecified atom stereocenters. The number of nitrogens with zero attached hydrogens (tertiary/aromatic N) is 4. The molecule has 152 valence electrons. The Morgan fingerprint density at radius 1 is 1.11 bits per heavy atom. The van der Waals surface area contributed by atoms with E-state index in [9.17, 15) is 10.1 Å². The predicted octanol–water partition coefficient (Wildman–Crippen LogP) is 3.24. The lowest BCUT2D eigenvalue weighted by Crippen LogP contribution is -2.53. The van der Waals surface area contributed by atoms with Gasteiger partial charge in [0.2, 0.25) is 0 Å². The Bertz CT molecular complexity index is 595. The molecule has 1 aromatic carbocycles. The number of nitro benzene ring substituents is 1. The third-order valence-electron chi connectivity index (χ3n) is 5.23. The van der Waals surface area contributed by atoms with E-state index in [0.29, 0.717) is 11.8 Å². The molecule has 0 N–H and O–H groups in total. The van der Waals surface area contributed by atoms with Gasteiger partial charge in [-0.25, -0.2) is 0 Å². The quantitative estimate of drug-likeness (QED) is 0.592. The van der Waals surface area contributed by atoms with Crippen molar-refractivity contribution in [1.82, 2.24) is 9.80 Å². The Kier molecular flexibility index (Phi) is 8.31. The largest absolute Gasteiger partial charge is 0.494 e. The van der Waals surface area contributed by atoms with Crippen LogP contribution in [0.4, 0.5) is 11.4 Å². The van der Waals surface area contributed by atoms with Crippen molar-refractivity contribution in [2.24, 2.45) is 0 Å². The highest BCUT2D eigenvalue weighted by Gasteiger charge is 2.27. The molecule has 0 saturated carbocycles. The number of hydrogen-bond acceptors (Lipinski definition) is 6. The Balaban J connectivity index is 0.000000817. The minimum atomic E-state index is -0.385. The summed E-state index contributed by atoms with van der Waals surface area (Å²) in [4.78, 5) is 17.8. The number of nitro groups is 1. The lowest BCUT2D eigenvalue weighted by Gasteiger charge is -2.43. The molecule has 7 nitrogen and oxygen atoms in total. The number of piperazine rings is 1. The Hall–Kier alpha value is -1.86. The van der Waals surface area contributed by atoms with Crippen LogP contribution in [0.3, 0.4) is 0 Å². The van der Waals surface area contributed by atoms with E-state index in [-0.39, 0.29) is 10.6 Å². The third kappa shape index (κ3) is 5.81. The summed E-state index contributed by atoms with van der Waals surface area (Å²) in [7, 11) is 3.76. The van der Waals surface area contributed by atoms with E-state index in [1.54, 1.807) is 13.2 Å². The highest BCUT2D eigenvalue weighted by molar-refractivity contribution is 5.62. The van der Waals surface area contributed by atoms with Crippen molar-refractivity contribution in [1.29, 1.82) is 0 Å². The number of hydrogen-bond donors (Lipinski definition) is 0. The Labute approximate surface area is 163 Å². The van der Waals surface area contributed by atoms with Crippen LogP contribution in [-0.2, 0) is 0 Å². The summed E-state index contributed by atoms with van der Waals surface area (Å²) in [6.07, 6.45) is 3.74. The van der Waals surface area contributed by atoms with E-state index < -0.39 is 0 Å². The van der Waals surface area contributed by atoms with E-state index in [4.69, 9.17) is 4.74 Å². The topological polar surface area (TPSA) is 62.1 Å². The van der Waals surface area contributed by atoms with Gasteiger partial charge in [-0.2, -0.15) is 0 Å². The zero-order valence-electron chi connectivity index (χ0n) is 17.2. The first-order valence-corrected chi connectivity index (χ1v) is 10.00. The van der Waals surface area contributed by atoms with E-state index >= 15 is 0 Å². The molecule has 0 amide bonds. The van der Waals surface area contributed by atoms with Crippen LogP contribution in [0, 0.1) is 10.1 Å². The van der Waals surface area contributed by atoms with Crippen LogP contribution in [0.5, 0.6) is 5.75 Å². The lowest BCUT2D eigenvalue weighted by atomic mass is 10.0. The van der Waals surface area contributed by atoms with Crippen molar-refractivity contribution in [2.45, 2.75) is 39.2 Å². The second kappa shape index (κ2) is 10.5. The highest BCUT2D eigenvalue weighted by Crippen LogP contribution is 2.33. The van der Waals surface area contributed by atoms with Crippen LogP contribution in [0.1, 0.15) is 33.1 Å². The molecule has 2 aliphatic heterocycles. The molecular formula is C20H34N4O3. The molecule has 0 spiro atoms. The molecule has 0 aromatic heterocycles. The highest BCUT2D eigenvalue weighted by atomic mass is 16.6. The van der Waals surface area contributed by atoms with Gasteiger partial charge < -0.3 is 14.5 Å². The molecule has 0 aliphatic carbocycles. The number of likely N-dealkylation sites (tertiary alicyclic amines) is 1. The summed E-state index contributed by atoms with van der Waals surface area (Å²) < 4.78 is 5.38. The zero-order valence-corrected chi connectivity index (χ0v) is 17.2. The minimum Gasteiger partial charge on any atom is -0.494 e. The monoisotopic (exact) mass is 378 g/mol. The van der Waals surface area contributed by atoms with Crippen LogP contribution < -0.4 is 9.64 Å². The van der Waals surface area contributed by atoms with Crippen LogP contribution in [0.25, 0.3) is 0 Å². The second-order valence-electron chi connectivity index (χ2n) is 7.38. The third-order valence-corrected chi connectivity index (χ3v) is 5.23. The standard InChI is InChI=1S/C17H26N4O3.C3H8/c1-18-7-5-14(6-8-18)19-9-11-20(12-10-19)16-4-3-15(21(22)23)13-17(16)24-2;1-3-2/h3-4,13-14H,5-12H2,1-2H3;3H2,1-2H3. The number of benzene rings is 1. The minimum absolute atomic E-state index is 0.0700. The van der Waals surface area contributed by atoms with Gasteiger partial charge in [-0.3, -0.25) is 15.0 Å². The number of piperidine rings is 1. The van der Waals surface area contributed by atoms with Crippen LogP contribution in [0.15, 0.2) is 18.2 Å². The molecule has 2 heterocycles. The molecule has 0 bridgehead atoms. The maximum absolute atomic E-state index is 10.9. The van der Waals surface area contributed by atoms with Crippen molar-refractivity contribution < 1.29 is 9.66 Å². The molecule has 1 aromatic rings. The van der Waals surface area contributed by atoms with Crippen LogP contribution >= 0.6 is 0 Å². The smallest absolute Gasteiger partial charge is 0.273 e. The molecule has 2 aliphatic rings. The van der Waals surface area contributed by atoms with Gasteiger partial charge in [0, 0.05) is 38.3 Å². The Morgan fingerprint density at radius 3 is 2.22 bits per heavy atom. The van der Waals surface area contributed by atoms with E-state index in [0.717, 1.165) is 31.9 Å². The fourth-order valence-corrected chi connectivity index (χ4v) is 3.73. The molecule has 7 heteroatoms. The number of ether oxygens (including phenoxy) is 1. The number of methoxy groups -OCH3 is 1. The molecule has 3 rings (SSSR count). The number of rotatable bonds is 4. The summed E-state index contributed by atoms with van der Waals surface area (Å²) >= 11 is 0. The van der Waals surface area contributed by atoms with E-state index in [1.807, 2.05) is 6.07 Å². The van der Waals surface area contributed by atoms with E-state index in [2.05, 4.69) is 35.6 Å². The molecule has 0 radical (unpaired) electrons. The van der Waals surface area contributed by atoms with Gasteiger partial charge >= 0.3 is 0 Å². The van der Waals surface area contributed by atoms with Crippen molar-refractivity contribution in [3.8, 4) is 5.75 Å². The fourth-order valence-electron chi connectivity index (χ4n) is 3.73. The zero-order chi connectivity index (χ0) is 19.8. The van der Waals surface area contributed by atoms with Gasteiger partial charge in [-0.15, -0.1) is 0 Å². The second-order valence-corrected chi connectivity index (χ2v) is 7.38. The molecule has 2 fully saturated rings. The summed E-state index contributed by atoms with van der Waals surface area (Å²) in [5, 5.41) is 10.9. The first-order valence-electron chi connectivity index (χ1n) is 10.00. The molecule has 0 atom stereocenters. The fraction of sp³-hybridized carbons (Fsp3) is 0.700. The van der Waals surface area contributed by atoms with Crippen molar-refractivity contribution in [3.05, 3.63) is 28.3 Å². The summed E-state index contributed by atoms with van der Waals surface area (Å²) in [5.41, 5.74) is 1.02. The first kappa shape index (κ1) is 21.4. The van der Waals surface area contributed by atoms with Gasteiger partial charge in [0.05, 0.1) is 23.8 Å². The number of anilines is 1. The average Bonchev–Trinajstić information content (AvgIpc) is 2.69. The Morgan fingerprint density at radius 2 is 1.70 bits per heavy atom. The number of non-ortho nitro benzene ring substituents is 1. The van der Waals surface area contributed by atoms with Gasteiger partial charge in [-0.1, -0.05) is 20.3 Å². The summed E-state index contributed by atoms with van der Waals surface area (Å²) in [5.74, 6) is 0.581. The summed E-state index contributed by atoms with van der Waals surface area (Å²) in [6.45, 7) is 10.5. The maximum atomic E-state index is 10.9. The molecule has 27 heavy (non-hydrogen) atoms. The van der Waals surface area contributed by atoms with Gasteiger partial charge in [0.25, 0.3) is 5.69 Å². The van der Waals surface area contributed by atoms with Crippen molar-refractivity contribution >= 4 is 11.4 Å². The summed E-state index contributed by atoms with van der Waals surface area (Å²) in [6, 6.07) is 5.57. The van der Waals surface area contributed by atoms with Gasteiger partial charge in [0.15, 0.2) is 0 Å². The van der Waals surface area contributed by atoms with Crippen molar-refractivity contribution in [2.75, 3.05) is 58.3 Å². The molecule has 2 saturated heterocycles. The van der Waals surface area contributed by atoms with Crippen LogP contribution in [0.2, 0.25) is 0 Å². The van der Waals surface area contributed by atoms with Crippen molar-refractivity contribution in [3.63, 3.8) is 0 Å². The lowest BCUT2D eigenvalue weighted by molar-refractivity contribution is -0.384. The average molecular weight is 379 g/mol. The van der Waals surface area contributed by atoms with Crippen LogP contribution in [-0.4, -0.2) is 74.2 Å². The first-order chi connectivity index (χ1) is 13.0. The SMILES string of the molecule is CCC.COc1cc([N+](=O)[O-])ccc1N1CCN(C2CCN(C)CC2)CC1. The van der Waals surface area contributed by atoms with Gasteiger partial charge in [-0.05, 0) is 39.0 Å². The van der Waals surface area contributed by atoms with E-state index in [1.165, 1.54) is 38.4 Å². The predicted molar refractivity (Wildman–Crippen MR) is 110 cm³/mol.